The number of nitrogens with one attached hydrogen (secondary N) is 2. The van der Waals surface area contributed by atoms with E-state index in [2.05, 4.69) is 71.4 Å². The van der Waals surface area contributed by atoms with Crippen LogP contribution in [0.15, 0.2) is 42.5 Å². The topological polar surface area (TPSA) is 92.3 Å². The molecule has 10 fully saturated rings. The van der Waals surface area contributed by atoms with Crippen molar-refractivity contribution in [3.8, 4) is 0 Å². The lowest BCUT2D eigenvalue weighted by Gasteiger charge is -2.57. The highest BCUT2D eigenvalue weighted by molar-refractivity contribution is 6.50. The molecule has 6 nitrogen and oxygen atoms in total. The quantitative estimate of drug-likeness (QED) is 0.0902. The molecule has 7 aromatic rings. The minimum atomic E-state index is -1.67. The van der Waals surface area contributed by atoms with Crippen molar-refractivity contribution in [1.29, 1.82) is 0 Å². The summed E-state index contributed by atoms with van der Waals surface area (Å²) < 4.78 is 0. The van der Waals surface area contributed by atoms with Gasteiger partial charge in [0.25, 0.3) is 0 Å². The molecule has 18 aliphatic carbocycles. The summed E-state index contributed by atoms with van der Waals surface area (Å²) in [5, 5.41) is 25.3. The van der Waals surface area contributed by atoms with Crippen molar-refractivity contribution in [2.24, 2.45) is 58.7 Å². The van der Waals surface area contributed by atoms with E-state index < -0.39 is 16.2 Å². The first-order valence-corrected chi connectivity index (χ1v) is 29.0. The third kappa shape index (κ3) is 3.23. The highest BCUT2D eigenvalue weighted by Crippen LogP contribution is 2.90. The zero-order valence-corrected chi connectivity index (χ0v) is 40.7. The first-order valence-electron chi connectivity index (χ1n) is 29.0. The normalized spacial score (nSPS) is 44.1. The first-order chi connectivity index (χ1) is 35.6. The van der Waals surface area contributed by atoms with Crippen molar-refractivity contribution in [3.63, 3.8) is 0 Å². The molecule has 8 unspecified atom stereocenters. The summed E-state index contributed by atoms with van der Waals surface area (Å²) >= 11 is 0. The van der Waals surface area contributed by atoms with Gasteiger partial charge in [0.1, 0.15) is 5.41 Å². The summed E-state index contributed by atoms with van der Waals surface area (Å²) in [6, 6.07) is 4.90. The van der Waals surface area contributed by atoms with Crippen LogP contribution in [0.2, 0.25) is 0 Å². The van der Waals surface area contributed by atoms with Gasteiger partial charge in [-0.1, -0.05) is 60.7 Å². The average molecular weight is 949 g/mol. The lowest BCUT2D eigenvalue weighted by molar-refractivity contribution is -0.140. The van der Waals surface area contributed by atoms with E-state index in [1.165, 1.54) is 131 Å². The van der Waals surface area contributed by atoms with Crippen LogP contribution >= 0.6 is 0 Å². The zero-order valence-electron chi connectivity index (χ0n) is 40.7. The molecule has 18 aliphatic rings. The van der Waals surface area contributed by atoms with Crippen molar-refractivity contribution in [2.75, 3.05) is 0 Å². The van der Waals surface area contributed by atoms with Gasteiger partial charge in [0.2, 0.25) is 11.8 Å². The van der Waals surface area contributed by atoms with Crippen LogP contribution in [-0.2, 0) is 30.0 Å². The molecule has 25 rings (SSSR count). The molecule has 2 amide bonds. The first kappa shape index (κ1) is 36.9. The Balaban J connectivity index is 0.809. The number of rotatable bonds is 8. The van der Waals surface area contributed by atoms with Gasteiger partial charge in [-0.15, -0.1) is 0 Å². The van der Waals surface area contributed by atoms with E-state index in [-0.39, 0.29) is 47.3 Å². The van der Waals surface area contributed by atoms with Crippen LogP contribution in [0, 0.1) is 58.7 Å². The molecule has 0 heterocycles. The van der Waals surface area contributed by atoms with Gasteiger partial charge >= 0.3 is 0 Å². The molecule has 2 spiro atoms. The molecule has 0 aromatic heterocycles. The van der Waals surface area contributed by atoms with Crippen molar-refractivity contribution in [3.05, 3.63) is 92.2 Å². The minimum Gasteiger partial charge on any atom is -0.350 e. The number of fused-ring (bicyclic) bond motifs is 4. The Morgan fingerprint density at radius 2 is 1.07 bits per heavy atom. The van der Waals surface area contributed by atoms with Gasteiger partial charge in [0, 0.05) is 28.8 Å². The van der Waals surface area contributed by atoms with Crippen molar-refractivity contribution < 1.29 is 19.2 Å². The smallest absolute Gasteiger partial charge is 0.227 e. The van der Waals surface area contributed by atoms with Crippen LogP contribution in [0.3, 0.4) is 0 Å². The summed E-state index contributed by atoms with van der Waals surface area (Å²) in [6.45, 7) is 0. The lowest BCUT2D eigenvalue weighted by Crippen LogP contribution is -2.60. The Bertz CT molecular complexity index is 4240. The van der Waals surface area contributed by atoms with Crippen LogP contribution in [-0.4, -0.2) is 34.5 Å². The van der Waals surface area contributed by atoms with Crippen molar-refractivity contribution in [1.82, 2.24) is 10.6 Å². The largest absolute Gasteiger partial charge is 0.350 e. The number of allylic oxidation sites excluding steroid dienone is 5. The SMILES string of the molecule is O=C(CC(=O)C1(C(=O)CC(=O)NC23CC4CC(CC(C4)C2)C3)C23C=Cc4c5c6c7c4c2c2c4c8c(c9ccc%10c%11c%12c%13c(c7c2c%13c8c9%11)=C2C6C(C=C5)C5C=CC%10C%12C25)C=CC413)NC12CC3CC(CC(C3)C1)C2. The molecule has 0 saturated heterocycles. The van der Waals surface area contributed by atoms with Crippen LogP contribution in [0.5, 0.6) is 0 Å². The number of carbonyl (C=O) groups is 4. The fraction of sp³-hybridized carbons (Fsp3) is 0.463. The molecule has 7 aromatic carbocycles. The monoisotopic (exact) mass is 948 g/mol. The molecule has 8 atom stereocenters. The van der Waals surface area contributed by atoms with Gasteiger partial charge in [-0.2, -0.15) is 0 Å². The van der Waals surface area contributed by atoms with E-state index in [4.69, 9.17) is 0 Å². The summed E-state index contributed by atoms with van der Waals surface area (Å²) in [6.07, 6.45) is 32.5. The maximum absolute atomic E-state index is 16.7. The number of benzene rings is 4. The second-order valence-corrected chi connectivity index (χ2v) is 28.7. The van der Waals surface area contributed by atoms with E-state index in [1.54, 1.807) is 16.4 Å². The average Bonchev–Trinajstić information content (AvgIpc) is 4.09. The predicted molar refractivity (Wildman–Crippen MR) is 282 cm³/mol. The van der Waals surface area contributed by atoms with Gasteiger partial charge in [-0.3, -0.25) is 19.2 Å². The number of hydrogen-bond acceptors (Lipinski definition) is 4. The molecule has 8 bridgehead atoms. The summed E-state index contributed by atoms with van der Waals surface area (Å²) in [5.74, 6) is 5.20. The number of hydrogen-bond donors (Lipinski definition) is 2. The molecule has 0 radical (unpaired) electrons. The summed E-state index contributed by atoms with van der Waals surface area (Å²) in [4.78, 5) is 63.7. The zero-order chi connectivity index (χ0) is 46.8. The van der Waals surface area contributed by atoms with Crippen LogP contribution < -0.4 is 15.9 Å². The van der Waals surface area contributed by atoms with E-state index in [1.807, 2.05) is 0 Å². The third-order valence-electron chi connectivity index (χ3n) is 26.1. The van der Waals surface area contributed by atoms with E-state index >= 15 is 19.2 Å². The van der Waals surface area contributed by atoms with Gasteiger partial charge in [-0.25, -0.2) is 0 Å². The number of Topliss-reactive ketones (excluding diaryl/α,β-unsaturated/α-hetero) is 2. The van der Waals surface area contributed by atoms with E-state index in [0.29, 0.717) is 71.0 Å². The van der Waals surface area contributed by atoms with Gasteiger partial charge in [0.15, 0.2) is 11.6 Å². The molecule has 73 heavy (non-hydrogen) atoms. The van der Waals surface area contributed by atoms with E-state index in [0.717, 1.165) is 49.7 Å². The van der Waals surface area contributed by atoms with Crippen LogP contribution in [0.25, 0.3) is 88.4 Å². The van der Waals surface area contributed by atoms with Crippen molar-refractivity contribution in [2.45, 2.75) is 130 Å². The Morgan fingerprint density at radius 1 is 0.493 bits per heavy atom. The Kier molecular flexibility index (Phi) is 5.27. The molecule has 6 heteroatoms. The number of amides is 2. The molecule has 10 saturated carbocycles. The Labute approximate surface area is 420 Å². The maximum Gasteiger partial charge on any atom is 0.227 e. The maximum atomic E-state index is 16.7. The standard InChI is InChI=1S/C67H52N2O4/c70-39(17-41(72)68-63-19-25-11-26(20-63)13-27(12-25)21-63)67(40(71)18-42(73)69-64-22-28-14-29(23-64)16-30(15-28)24-64)65-9-7-37-35-5-3-33-31-1-2-32-34-4-6-36-38-8-10-66(65,67)62-50(38)54-48(36)46(34)52-44(32)43(31)51-45(33)47(35)53-49(37)61(65)60(62)59-57(53)55(51)56(52)58(54)59/h1-10,25-33,43-45H,11-24H2,(H,68,72)(H,69,73). The number of carbonyl (C=O) groups excluding carboxylic acids is 4. The molecular formula is C67H52N2O4. The molecule has 2 N–H and O–H groups in total. The highest BCUT2D eigenvalue weighted by atomic mass is 16.2. The van der Waals surface area contributed by atoms with Crippen LogP contribution in [0.1, 0.15) is 152 Å². The highest BCUT2D eigenvalue weighted by Gasteiger charge is 2.95. The lowest BCUT2D eigenvalue weighted by atomic mass is 9.53. The second kappa shape index (κ2) is 10.4. The fourth-order valence-electron chi connectivity index (χ4n) is 25.8. The summed E-state index contributed by atoms with van der Waals surface area (Å²) in [7, 11) is 0. The van der Waals surface area contributed by atoms with Crippen molar-refractivity contribution >= 4 is 112 Å². The Hall–Kier alpha value is -5.88. The molecule has 354 valence electrons. The van der Waals surface area contributed by atoms with Gasteiger partial charge < -0.3 is 10.6 Å². The predicted octanol–water partition coefficient (Wildman–Crippen LogP) is 11.2. The second-order valence-electron chi connectivity index (χ2n) is 28.7. The van der Waals surface area contributed by atoms with Gasteiger partial charge in [-0.05, 0) is 250 Å². The molecule has 0 aliphatic heterocycles. The van der Waals surface area contributed by atoms with E-state index in [9.17, 15) is 0 Å². The minimum absolute atomic E-state index is 0.227. The molecular weight excluding hydrogens is 897 g/mol. The Morgan fingerprint density at radius 3 is 1.70 bits per heavy atom. The third-order valence-corrected chi connectivity index (χ3v) is 26.1. The fourth-order valence-corrected chi connectivity index (χ4v) is 25.8. The van der Waals surface area contributed by atoms with Crippen LogP contribution in [0.4, 0.5) is 0 Å². The van der Waals surface area contributed by atoms with Gasteiger partial charge in [0.05, 0.1) is 23.7 Å². The number of ketones is 2. The summed E-state index contributed by atoms with van der Waals surface area (Å²) in [5.41, 5.74) is 8.09.